The maximum absolute atomic E-state index is 12.4. The van der Waals surface area contributed by atoms with Gasteiger partial charge in [0.05, 0.1) is 16.4 Å². The molecule has 0 aliphatic carbocycles. The summed E-state index contributed by atoms with van der Waals surface area (Å²) in [5.74, 6) is -0.208. The molecule has 2 aromatic rings. The maximum atomic E-state index is 12.4. The number of nitrogens with one attached hydrogen (secondary N) is 2. The molecule has 7 nitrogen and oxygen atoms in total. The van der Waals surface area contributed by atoms with E-state index in [0.29, 0.717) is 11.3 Å². The molecule has 0 aromatic heterocycles. The topological polar surface area (TPSA) is 95.6 Å². The van der Waals surface area contributed by atoms with Gasteiger partial charge in [-0.1, -0.05) is 35.9 Å². The summed E-state index contributed by atoms with van der Waals surface area (Å²) in [6, 6.07) is 14.0. The lowest BCUT2D eigenvalue weighted by molar-refractivity contribution is -0.118. The summed E-state index contributed by atoms with van der Waals surface area (Å²) in [7, 11) is -0.670. The number of hydrogen-bond acceptors (Lipinski definition) is 5. The average Bonchev–Trinajstić information content (AvgIpc) is 2.68. The number of nitrogens with zero attached hydrogens (tertiary/aromatic N) is 1. The van der Waals surface area contributed by atoms with E-state index in [2.05, 4.69) is 10.6 Å². The number of hydrogen-bond donors (Lipinski definition) is 2. The van der Waals surface area contributed by atoms with Crippen molar-refractivity contribution in [3.8, 4) is 0 Å². The third-order valence-electron chi connectivity index (χ3n) is 4.01. The summed E-state index contributed by atoms with van der Waals surface area (Å²) < 4.78 is 25.9. The lowest BCUT2D eigenvalue weighted by Gasteiger charge is -2.15. The van der Waals surface area contributed by atoms with Gasteiger partial charge in [0.15, 0.2) is 0 Å². The highest BCUT2D eigenvalue weighted by atomic mass is 32.2. The Labute approximate surface area is 175 Å². The molecule has 0 atom stereocenters. The second kappa shape index (κ2) is 10.4. The van der Waals surface area contributed by atoms with E-state index in [-0.39, 0.29) is 34.8 Å². The molecular weight excluding hydrogens is 410 g/mol. The van der Waals surface area contributed by atoms with Crippen LogP contribution < -0.4 is 10.6 Å². The first-order valence-electron chi connectivity index (χ1n) is 8.91. The highest BCUT2D eigenvalue weighted by Crippen LogP contribution is 2.18. The molecular formula is C20H25N3O4S2. The molecule has 0 aliphatic rings. The molecule has 0 spiro atoms. The molecule has 0 saturated carbocycles. The highest BCUT2D eigenvalue weighted by molar-refractivity contribution is 8.00. The maximum Gasteiger partial charge on any atom is 0.242 e. The zero-order valence-electron chi connectivity index (χ0n) is 16.6. The number of carbonyl (C=O) groups excluding carboxylic acids is 2. The van der Waals surface area contributed by atoms with Crippen molar-refractivity contribution in [3.63, 3.8) is 0 Å². The Morgan fingerprint density at radius 1 is 0.966 bits per heavy atom. The van der Waals surface area contributed by atoms with E-state index in [1.54, 1.807) is 18.2 Å². The fraction of sp³-hybridized carbons (Fsp3) is 0.300. The van der Waals surface area contributed by atoms with Crippen molar-refractivity contribution in [2.24, 2.45) is 0 Å². The molecule has 0 fully saturated rings. The summed E-state index contributed by atoms with van der Waals surface area (Å²) in [4.78, 5) is 24.2. The fourth-order valence-corrected chi connectivity index (χ4v) is 4.18. The minimum absolute atomic E-state index is 0.0954. The van der Waals surface area contributed by atoms with Crippen molar-refractivity contribution in [1.82, 2.24) is 9.62 Å². The van der Waals surface area contributed by atoms with Crippen LogP contribution in [0.25, 0.3) is 0 Å². The zero-order chi connectivity index (χ0) is 21.4. The second-order valence-corrected chi connectivity index (χ2v) is 9.68. The smallest absolute Gasteiger partial charge is 0.242 e. The van der Waals surface area contributed by atoms with E-state index in [1.807, 2.05) is 31.2 Å². The molecule has 0 saturated heterocycles. The predicted octanol–water partition coefficient (Wildman–Crippen LogP) is 2.23. The standard InChI is InChI=1S/C20H25N3O4S2/c1-15-8-10-17(11-9-15)22-20(25)14-28-13-19(24)21-12-16-6-4-5-7-18(16)29(26,27)23(2)3/h4-11H,12-14H2,1-3H3,(H,21,24)(H,22,25). The van der Waals surface area contributed by atoms with Crippen LogP contribution in [0.15, 0.2) is 53.4 Å². The van der Waals surface area contributed by atoms with E-state index in [0.717, 1.165) is 9.87 Å². The van der Waals surface area contributed by atoms with Gasteiger partial charge in [-0.15, -0.1) is 11.8 Å². The number of anilines is 1. The molecule has 0 aliphatic heterocycles. The summed E-state index contributed by atoms with van der Waals surface area (Å²) in [5.41, 5.74) is 2.33. The van der Waals surface area contributed by atoms with Crippen molar-refractivity contribution in [3.05, 3.63) is 59.7 Å². The quantitative estimate of drug-likeness (QED) is 0.630. The number of sulfonamides is 1. The van der Waals surface area contributed by atoms with Gasteiger partial charge in [0.1, 0.15) is 0 Å². The zero-order valence-corrected chi connectivity index (χ0v) is 18.3. The number of carbonyl (C=O) groups is 2. The number of thioether (sulfide) groups is 1. The molecule has 156 valence electrons. The van der Waals surface area contributed by atoms with Gasteiger partial charge < -0.3 is 10.6 Å². The van der Waals surface area contributed by atoms with Gasteiger partial charge in [0.2, 0.25) is 21.8 Å². The number of benzene rings is 2. The van der Waals surface area contributed by atoms with Crippen molar-refractivity contribution < 1.29 is 18.0 Å². The average molecular weight is 436 g/mol. The van der Waals surface area contributed by atoms with Gasteiger partial charge in [0.25, 0.3) is 0 Å². The molecule has 0 heterocycles. The summed E-state index contributed by atoms with van der Waals surface area (Å²) in [6.07, 6.45) is 0. The van der Waals surface area contributed by atoms with Crippen molar-refractivity contribution in [1.29, 1.82) is 0 Å². The number of rotatable bonds is 9. The third-order valence-corrected chi connectivity index (χ3v) is 6.86. The van der Waals surface area contributed by atoms with Crippen molar-refractivity contribution in [2.75, 3.05) is 30.9 Å². The minimum atomic E-state index is -3.59. The number of aryl methyl sites for hydroxylation is 1. The van der Waals surface area contributed by atoms with Crippen LogP contribution in [0.3, 0.4) is 0 Å². The lowest BCUT2D eigenvalue weighted by Crippen LogP contribution is -2.28. The van der Waals surface area contributed by atoms with Crippen molar-refractivity contribution >= 4 is 39.3 Å². The van der Waals surface area contributed by atoms with E-state index >= 15 is 0 Å². The molecule has 2 amide bonds. The van der Waals surface area contributed by atoms with Crippen LogP contribution in [-0.4, -0.2) is 50.1 Å². The molecule has 2 aromatic carbocycles. The van der Waals surface area contributed by atoms with Crippen LogP contribution in [0.4, 0.5) is 5.69 Å². The minimum Gasteiger partial charge on any atom is -0.351 e. The SMILES string of the molecule is Cc1ccc(NC(=O)CSCC(=O)NCc2ccccc2S(=O)(=O)N(C)C)cc1. The van der Waals surface area contributed by atoms with Gasteiger partial charge in [-0.2, -0.15) is 0 Å². The van der Waals surface area contributed by atoms with E-state index < -0.39 is 10.0 Å². The van der Waals surface area contributed by atoms with Crippen LogP contribution in [0, 0.1) is 6.92 Å². The summed E-state index contributed by atoms with van der Waals surface area (Å²) in [5, 5.41) is 5.48. The Bertz CT molecular complexity index is 958. The molecule has 2 rings (SSSR count). The Morgan fingerprint density at radius 3 is 2.24 bits per heavy atom. The van der Waals surface area contributed by atoms with E-state index in [9.17, 15) is 18.0 Å². The molecule has 0 radical (unpaired) electrons. The monoisotopic (exact) mass is 435 g/mol. The molecule has 0 bridgehead atoms. The molecule has 0 unspecified atom stereocenters. The Morgan fingerprint density at radius 2 is 1.59 bits per heavy atom. The van der Waals surface area contributed by atoms with Crippen LogP contribution >= 0.6 is 11.8 Å². The summed E-state index contributed by atoms with van der Waals surface area (Å²) >= 11 is 1.19. The Hall–Kier alpha value is -2.36. The van der Waals surface area contributed by atoms with Gasteiger partial charge in [-0.25, -0.2) is 12.7 Å². The van der Waals surface area contributed by atoms with Gasteiger partial charge in [-0.05, 0) is 30.7 Å². The molecule has 29 heavy (non-hydrogen) atoms. The van der Waals surface area contributed by atoms with Gasteiger partial charge >= 0.3 is 0 Å². The van der Waals surface area contributed by atoms with Crippen molar-refractivity contribution in [2.45, 2.75) is 18.4 Å². The largest absolute Gasteiger partial charge is 0.351 e. The Balaban J connectivity index is 1.81. The lowest BCUT2D eigenvalue weighted by atomic mass is 10.2. The first kappa shape index (κ1) is 22.9. The predicted molar refractivity (Wildman–Crippen MR) is 116 cm³/mol. The number of amides is 2. The first-order chi connectivity index (χ1) is 13.7. The third kappa shape index (κ3) is 6.88. The van der Waals surface area contributed by atoms with Crippen LogP contribution in [0.2, 0.25) is 0 Å². The second-order valence-electron chi connectivity index (χ2n) is 6.58. The van der Waals surface area contributed by atoms with Crippen LogP contribution in [-0.2, 0) is 26.2 Å². The Kier molecular flexibility index (Phi) is 8.24. The van der Waals surface area contributed by atoms with Crippen LogP contribution in [0.5, 0.6) is 0 Å². The fourth-order valence-electron chi connectivity index (χ4n) is 2.41. The van der Waals surface area contributed by atoms with Gasteiger partial charge in [0, 0.05) is 26.3 Å². The highest BCUT2D eigenvalue weighted by Gasteiger charge is 2.20. The molecule has 9 heteroatoms. The normalized spacial score (nSPS) is 11.3. The van der Waals surface area contributed by atoms with E-state index in [1.165, 1.54) is 31.9 Å². The van der Waals surface area contributed by atoms with Gasteiger partial charge in [-0.3, -0.25) is 9.59 Å². The van der Waals surface area contributed by atoms with E-state index in [4.69, 9.17) is 0 Å². The summed E-state index contributed by atoms with van der Waals surface area (Å²) in [6.45, 7) is 2.06. The first-order valence-corrected chi connectivity index (χ1v) is 11.5. The van der Waals surface area contributed by atoms with Crippen LogP contribution in [0.1, 0.15) is 11.1 Å². The molecule has 2 N–H and O–H groups in total.